The Labute approximate surface area is 142 Å². The highest BCUT2D eigenvalue weighted by molar-refractivity contribution is 5.74. The molecule has 120 valence electrons. The van der Waals surface area contributed by atoms with Crippen LogP contribution in [0.3, 0.4) is 0 Å². The van der Waals surface area contributed by atoms with Gasteiger partial charge in [0, 0.05) is 5.92 Å². The lowest BCUT2D eigenvalue weighted by atomic mass is 9.74. The second-order valence-electron chi connectivity index (χ2n) is 6.04. The van der Waals surface area contributed by atoms with Gasteiger partial charge in [0.25, 0.3) is 0 Å². The number of ether oxygens (including phenoxy) is 1. The molecule has 24 heavy (non-hydrogen) atoms. The average molecular weight is 317 g/mol. The molecule has 2 atom stereocenters. The lowest BCUT2D eigenvalue weighted by molar-refractivity contribution is -0.105. The first-order valence-electron chi connectivity index (χ1n) is 8.05. The summed E-state index contributed by atoms with van der Waals surface area (Å²) in [5.41, 5.74) is 3.88. The topological polar surface area (TPSA) is 50.1 Å². The van der Waals surface area contributed by atoms with Crippen LogP contribution in [0.15, 0.2) is 60.2 Å². The summed E-state index contributed by atoms with van der Waals surface area (Å²) in [5, 5.41) is 8.98. The van der Waals surface area contributed by atoms with Crippen LogP contribution in [-0.2, 0) is 4.79 Å². The van der Waals surface area contributed by atoms with Crippen LogP contribution >= 0.6 is 0 Å². The van der Waals surface area contributed by atoms with Crippen LogP contribution < -0.4 is 4.74 Å². The molecule has 0 amide bonds. The summed E-state index contributed by atoms with van der Waals surface area (Å²) in [6.45, 7) is 0. The Morgan fingerprint density at radius 1 is 1.08 bits per heavy atom. The van der Waals surface area contributed by atoms with Gasteiger partial charge >= 0.3 is 0 Å². The summed E-state index contributed by atoms with van der Waals surface area (Å²) in [6.07, 6.45) is 4.77. The van der Waals surface area contributed by atoms with E-state index in [1.54, 1.807) is 7.11 Å². The quantitative estimate of drug-likeness (QED) is 0.788. The lowest BCUT2D eigenvalue weighted by Gasteiger charge is -2.30. The molecule has 1 aliphatic rings. The van der Waals surface area contributed by atoms with Crippen LogP contribution in [-0.4, -0.2) is 13.4 Å². The van der Waals surface area contributed by atoms with Crippen LogP contribution in [0, 0.1) is 11.3 Å². The third-order valence-electron chi connectivity index (χ3n) is 4.69. The van der Waals surface area contributed by atoms with E-state index in [4.69, 9.17) is 10.00 Å². The van der Waals surface area contributed by atoms with Crippen LogP contribution in [0.1, 0.15) is 41.4 Å². The SMILES string of the molecule is COc1ccc(C2CCC(C=O)=CC2c2ccc(C#N)cc2)cc1. The number of allylic oxidation sites excluding steroid dienone is 2. The number of nitrogens with zero attached hydrogens (tertiary/aromatic N) is 1. The highest BCUT2D eigenvalue weighted by atomic mass is 16.5. The molecule has 0 bridgehead atoms. The van der Waals surface area contributed by atoms with Gasteiger partial charge in [-0.2, -0.15) is 5.26 Å². The van der Waals surface area contributed by atoms with Crippen molar-refractivity contribution in [3.05, 3.63) is 76.9 Å². The van der Waals surface area contributed by atoms with E-state index >= 15 is 0 Å². The first kappa shape index (κ1) is 16.0. The fraction of sp³-hybridized carbons (Fsp3) is 0.238. The van der Waals surface area contributed by atoms with Gasteiger partial charge in [0.1, 0.15) is 12.0 Å². The fourth-order valence-corrected chi connectivity index (χ4v) is 3.36. The second kappa shape index (κ2) is 7.14. The molecule has 2 aromatic rings. The zero-order valence-corrected chi connectivity index (χ0v) is 13.6. The largest absolute Gasteiger partial charge is 0.497 e. The number of nitriles is 1. The smallest absolute Gasteiger partial charge is 0.145 e. The molecule has 0 radical (unpaired) electrons. The van der Waals surface area contributed by atoms with E-state index in [2.05, 4.69) is 24.3 Å². The predicted octanol–water partition coefficient (Wildman–Crippen LogP) is 4.35. The van der Waals surface area contributed by atoms with E-state index in [0.29, 0.717) is 11.5 Å². The van der Waals surface area contributed by atoms with Gasteiger partial charge < -0.3 is 4.74 Å². The highest BCUT2D eigenvalue weighted by Crippen LogP contribution is 2.42. The number of methoxy groups -OCH3 is 1. The number of carbonyl (C=O) groups is 1. The molecule has 0 saturated carbocycles. The first-order valence-corrected chi connectivity index (χ1v) is 8.05. The number of hydrogen-bond donors (Lipinski definition) is 0. The van der Waals surface area contributed by atoms with E-state index in [9.17, 15) is 4.79 Å². The van der Waals surface area contributed by atoms with Crippen molar-refractivity contribution >= 4 is 6.29 Å². The normalized spacial score (nSPS) is 19.9. The first-order chi connectivity index (χ1) is 11.7. The van der Waals surface area contributed by atoms with E-state index in [-0.39, 0.29) is 5.92 Å². The Balaban J connectivity index is 1.98. The lowest BCUT2D eigenvalue weighted by Crippen LogP contribution is -2.15. The maximum atomic E-state index is 11.2. The van der Waals surface area contributed by atoms with Gasteiger partial charge in [-0.15, -0.1) is 0 Å². The molecule has 0 fully saturated rings. The van der Waals surface area contributed by atoms with Crippen molar-refractivity contribution in [2.24, 2.45) is 0 Å². The summed E-state index contributed by atoms with van der Waals surface area (Å²) in [6, 6.07) is 17.9. The van der Waals surface area contributed by atoms with E-state index < -0.39 is 0 Å². The molecule has 0 N–H and O–H groups in total. The van der Waals surface area contributed by atoms with Crippen LogP contribution in [0.4, 0.5) is 0 Å². The van der Waals surface area contributed by atoms with E-state index in [1.807, 2.05) is 36.4 Å². The third kappa shape index (κ3) is 3.23. The Hall–Kier alpha value is -2.86. The van der Waals surface area contributed by atoms with E-state index in [1.165, 1.54) is 5.56 Å². The van der Waals surface area contributed by atoms with Gasteiger partial charge in [0.15, 0.2) is 0 Å². The molecule has 3 rings (SSSR count). The van der Waals surface area contributed by atoms with Gasteiger partial charge in [-0.3, -0.25) is 4.79 Å². The molecule has 2 aromatic carbocycles. The van der Waals surface area contributed by atoms with Gasteiger partial charge in [-0.25, -0.2) is 0 Å². The molecular formula is C21H19NO2. The number of hydrogen-bond acceptors (Lipinski definition) is 3. The van der Waals surface area contributed by atoms with Crippen molar-refractivity contribution in [1.29, 1.82) is 5.26 Å². The minimum Gasteiger partial charge on any atom is -0.497 e. The number of rotatable bonds is 4. The minimum atomic E-state index is 0.139. The third-order valence-corrected chi connectivity index (χ3v) is 4.69. The molecule has 0 aromatic heterocycles. The minimum absolute atomic E-state index is 0.139. The van der Waals surface area contributed by atoms with Crippen molar-refractivity contribution in [2.75, 3.05) is 7.11 Å². The Kier molecular flexibility index (Phi) is 4.77. The maximum Gasteiger partial charge on any atom is 0.145 e. The second-order valence-corrected chi connectivity index (χ2v) is 6.04. The summed E-state index contributed by atoms with van der Waals surface area (Å²) < 4.78 is 5.24. The van der Waals surface area contributed by atoms with Crippen LogP contribution in [0.5, 0.6) is 5.75 Å². The number of benzene rings is 2. The maximum absolute atomic E-state index is 11.2. The fourth-order valence-electron chi connectivity index (χ4n) is 3.36. The average Bonchev–Trinajstić information content (AvgIpc) is 2.67. The van der Waals surface area contributed by atoms with Crippen LogP contribution in [0.25, 0.3) is 0 Å². The summed E-state index contributed by atoms with van der Waals surface area (Å²) in [7, 11) is 1.66. The summed E-state index contributed by atoms with van der Waals surface area (Å²) in [5.74, 6) is 1.29. The Morgan fingerprint density at radius 3 is 2.33 bits per heavy atom. The molecule has 1 aliphatic carbocycles. The molecule has 2 unspecified atom stereocenters. The van der Waals surface area contributed by atoms with Crippen molar-refractivity contribution in [1.82, 2.24) is 0 Å². The molecule has 0 heterocycles. The van der Waals surface area contributed by atoms with Gasteiger partial charge in [0.05, 0.1) is 18.7 Å². The highest BCUT2D eigenvalue weighted by Gasteiger charge is 2.27. The summed E-state index contributed by atoms with van der Waals surface area (Å²) >= 11 is 0. The van der Waals surface area contributed by atoms with Gasteiger partial charge in [0.2, 0.25) is 0 Å². The Bertz CT molecular complexity index is 782. The Morgan fingerprint density at radius 2 is 1.75 bits per heavy atom. The molecule has 3 nitrogen and oxygen atoms in total. The van der Waals surface area contributed by atoms with Gasteiger partial charge in [-0.05, 0) is 59.7 Å². The number of aldehydes is 1. The zero-order chi connectivity index (χ0) is 16.9. The molecule has 3 heteroatoms. The monoisotopic (exact) mass is 317 g/mol. The standard InChI is InChI=1S/C21H19NO2/c1-24-19-9-7-17(8-10-19)20-11-4-16(14-23)12-21(20)18-5-2-15(13-22)3-6-18/h2-3,5-10,12,14,20-21H,4,11H2,1H3. The number of carbonyl (C=O) groups excluding carboxylic acids is 1. The van der Waals surface area contributed by atoms with Crippen molar-refractivity contribution in [2.45, 2.75) is 24.7 Å². The van der Waals surface area contributed by atoms with Crippen molar-refractivity contribution in [3.8, 4) is 11.8 Å². The molecule has 0 spiro atoms. The summed E-state index contributed by atoms with van der Waals surface area (Å²) in [4.78, 5) is 11.2. The van der Waals surface area contributed by atoms with Crippen LogP contribution in [0.2, 0.25) is 0 Å². The van der Waals surface area contributed by atoms with Crippen molar-refractivity contribution in [3.63, 3.8) is 0 Å². The van der Waals surface area contributed by atoms with Crippen molar-refractivity contribution < 1.29 is 9.53 Å². The molecule has 0 saturated heterocycles. The molecular weight excluding hydrogens is 298 g/mol. The molecule has 0 aliphatic heterocycles. The van der Waals surface area contributed by atoms with E-state index in [0.717, 1.165) is 36.0 Å². The predicted molar refractivity (Wildman–Crippen MR) is 93.0 cm³/mol. The zero-order valence-electron chi connectivity index (χ0n) is 13.6. The van der Waals surface area contributed by atoms with Gasteiger partial charge in [-0.1, -0.05) is 30.3 Å².